The van der Waals surface area contributed by atoms with Gasteiger partial charge >= 0.3 is 7.82 Å². The van der Waals surface area contributed by atoms with Crippen LogP contribution < -0.4 is 5.56 Å². The Bertz CT molecular complexity index is 1170. The predicted octanol–water partition coefficient (Wildman–Crippen LogP) is 2.15. The first-order valence-corrected chi connectivity index (χ1v) is 11.7. The number of aromatic nitrogens is 2. The Morgan fingerprint density at radius 2 is 1.94 bits per heavy atom. The molecule has 0 spiro atoms. The fourth-order valence-electron chi connectivity index (χ4n) is 3.68. The van der Waals surface area contributed by atoms with E-state index in [0.29, 0.717) is 0 Å². The van der Waals surface area contributed by atoms with E-state index in [0.717, 1.165) is 18.2 Å². The maximum absolute atomic E-state index is 13.4. The Hall–Kier alpha value is -1.83. The van der Waals surface area contributed by atoms with E-state index in [1.165, 1.54) is 23.8 Å². The molecule has 4 atom stereocenters. The molecule has 1 aromatic carbocycles. The molecule has 2 fully saturated rings. The van der Waals surface area contributed by atoms with E-state index < -0.39 is 61.6 Å². The summed E-state index contributed by atoms with van der Waals surface area (Å²) in [5.74, 6) is -2.08. The van der Waals surface area contributed by atoms with Crippen LogP contribution in [0, 0.1) is 16.4 Å². The number of H-pyrrole nitrogens is 1. The smallest absolute Gasteiger partial charge is 0.387 e. The number of aliphatic hydroxyl groups is 2. The molecule has 0 radical (unpaired) electrons. The SMILES string of the molecule is CC1(O)[C@@H](O)[C@@H](COP2(=O)OCC(c3cc(F)cc(F)c3)CO2)O[C@H]1n1ccc(=O)[nH]c1=S. The molecule has 14 heteroatoms. The number of hydrogen-bond acceptors (Lipinski definition) is 9. The van der Waals surface area contributed by atoms with Crippen LogP contribution in [-0.4, -0.2) is 57.4 Å². The van der Waals surface area contributed by atoms with Crippen molar-refractivity contribution in [3.8, 4) is 0 Å². The molecule has 10 nitrogen and oxygen atoms in total. The number of phosphoric ester groups is 1. The van der Waals surface area contributed by atoms with Crippen LogP contribution in [0.5, 0.6) is 0 Å². The minimum absolute atomic E-state index is 0.0342. The van der Waals surface area contributed by atoms with Crippen molar-refractivity contribution in [2.24, 2.45) is 0 Å². The van der Waals surface area contributed by atoms with E-state index >= 15 is 0 Å². The quantitative estimate of drug-likeness (QED) is 0.412. The van der Waals surface area contributed by atoms with Crippen LogP contribution >= 0.6 is 20.0 Å². The van der Waals surface area contributed by atoms with Crippen molar-refractivity contribution in [2.75, 3.05) is 19.8 Å². The van der Waals surface area contributed by atoms with Crippen LogP contribution in [0.15, 0.2) is 35.3 Å². The van der Waals surface area contributed by atoms with E-state index in [-0.39, 0.29) is 23.5 Å². The molecule has 3 heterocycles. The Kier molecular flexibility index (Phi) is 6.69. The Morgan fingerprint density at radius 3 is 2.55 bits per heavy atom. The number of nitrogens with one attached hydrogen (secondary N) is 1. The van der Waals surface area contributed by atoms with E-state index in [1.807, 2.05) is 0 Å². The molecule has 2 aliphatic heterocycles. The molecule has 1 unspecified atom stereocenters. The van der Waals surface area contributed by atoms with Crippen LogP contribution in [0.4, 0.5) is 8.78 Å². The van der Waals surface area contributed by atoms with Crippen LogP contribution in [0.25, 0.3) is 0 Å². The predicted molar refractivity (Wildman–Crippen MR) is 111 cm³/mol. The van der Waals surface area contributed by atoms with Gasteiger partial charge in [-0.2, -0.15) is 0 Å². The third-order valence-electron chi connectivity index (χ3n) is 5.48. The highest BCUT2D eigenvalue weighted by molar-refractivity contribution is 7.71. The van der Waals surface area contributed by atoms with Gasteiger partial charge in [-0.1, -0.05) is 0 Å². The molecule has 4 rings (SSSR count). The van der Waals surface area contributed by atoms with Gasteiger partial charge < -0.3 is 14.9 Å². The summed E-state index contributed by atoms with van der Waals surface area (Å²) in [6.07, 6.45) is -2.49. The van der Waals surface area contributed by atoms with Gasteiger partial charge in [-0.25, -0.2) is 13.3 Å². The van der Waals surface area contributed by atoms with Crippen LogP contribution in [0.1, 0.15) is 24.6 Å². The lowest BCUT2D eigenvalue weighted by Gasteiger charge is -2.29. The zero-order chi connectivity index (χ0) is 24.0. The molecule has 0 bridgehead atoms. The first kappa shape index (κ1) is 24.3. The molecule has 33 heavy (non-hydrogen) atoms. The summed E-state index contributed by atoms with van der Waals surface area (Å²) in [6.45, 7) is 0.483. The molecule has 1 aromatic heterocycles. The van der Waals surface area contributed by atoms with Crippen LogP contribution in [0.3, 0.4) is 0 Å². The lowest BCUT2D eigenvalue weighted by Crippen LogP contribution is -2.44. The number of aliphatic hydroxyl groups excluding tert-OH is 1. The number of rotatable bonds is 5. The summed E-state index contributed by atoms with van der Waals surface area (Å²) >= 11 is 5.08. The number of ether oxygens (including phenoxy) is 1. The first-order valence-electron chi connectivity index (χ1n) is 9.85. The summed E-state index contributed by atoms with van der Waals surface area (Å²) in [4.78, 5) is 13.8. The maximum Gasteiger partial charge on any atom is 0.474 e. The van der Waals surface area contributed by atoms with E-state index in [1.54, 1.807) is 0 Å². The van der Waals surface area contributed by atoms with Crippen molar-refractivity contribution < 1.29 is 41.9 Å². The molecule has 0 saturated carbocycles. The summed E-state index contributed by atoms with van der Waals surface area (Å²) in [7, 11) is -4.06. The highest BCUT2D eigenvalue weighted by Gasteiger charge is 2.54. The van der Waals surface area contributed by atoms with E-state index in [9.17, 15) is 28.4 Å². The van der Waals surface area contributed by atoms with Gasteiger partial charge in [0.15, 0.2) is 11.0 Å². The molecule has 0 amide bonds. The molecule has 2 saturated heterocycles. The zero-order valence-corrected chi connectivity index (χ0v) is 18.9. The van der Waals surface area contributed by atoms with Gasteiger partial charge in [0, 0.05) is 24.2 Å². The third-order valence-corrected chi connectivity index (χ3v) is 7.19. The Balaban J connectivity index is 1.40. The second-order valence-corrected chi connectivity index (χ2v) is 10.0. The van der Waals surface area contributed by atoms with Gasteiger partial charge in [-0.3, -0.25) is 27.9 Å². The molecule has 0 aliphatic carbocycles. The van der Waals surface area contributed by atoms with Crippen molar-refractivity contribution >= 4 is 20.0 Å². The van der Waals surface area contributed by atoms with Gasteiger partial charge in [0.25, 0.3) is 5.56 Å². The fraction of sp³-hybridized carbons (Fsp3) is 0.474. The van der Waals surface area contributed by atoms with Gasteiger partial charge in [-0.15, -0.1) is 0 Å². The standard InChI is InChI=1S/C19H21F2N2O8PS/c1-19(26)16(25)14(31-17(19)23-3-2-15(24)22-18(23)33)9-30-32(27)28-7-11(8-29-32)10-4-12(20)6-13(21)5-10/h2-6,11,14,16-17,25-26H,7-9H2,1H3,(H,22,24,33)/t11?,14-,16+,17-,19?,32?/m1/s1. The third kappa shape index (κ3) is 5.00. The zero-order valence-electron chi connectivity index (χ0n) is 17.2. The van der Waals surface area contributed by atoms with Crippen LogP contribution in [-0.2, 0) is 22.9 Å². The number of halogens is 2. The van der Waals surface area contributed by atoms with Gasteiger partial charge in [0.1, 0.15) is 29.4 Å². The van der Waals surface area contributed by atoms with Crippen molar-refractivity contribution in [1.82, 2.24) is 9.55 Å². The van der Waals surface area contributed by atoms with Crippen molar-refractivity contribution in [1.29, 1.82) is 0 Å². The van der Waals surface area contributed by atoms with Crippen molar-refractivity contribution in [2.45, 2.75) is 36.9 Å². The maximum atomic E-state index is 13.4. The molecule has 2 aromatic rings. The monoisotopic (exact) mass is 506 g/mol. The molecular formula is C19H21F2N2O8PS. The second-order valence-electron chi connectivity index (χ2n) is 7.95. The highest BCUT2D eigenvalue weighted by atomic mass is 32.1. The number of hydrogen-bond donors (Lipinski definition) is 3. The molecule has 2 aliphatic rings. The van der Waals surface area contributed by atoms with Crippen molar-refractivity contribution in [3.05, 3.63) is 62.8 Å². The first-order chi connectivity index (χ1) is 15.5. The van der Waals surface area contributed by atoms with Gasteiger partial charge in [0.2, 0.25) is 0 Å². The summed E-state index contributed by atoms with van der Waals surface area (Å²) in [5, 5.41) is 21.3. The number of aromatic amines is 1. The minimum atomic E-state index is -4.06. The summed E-state index contributed by atoms with van der Waals surface area (Å²) in [6, 6.07) is 4.17. The number of nitrogens with zero attached hydrogens (tertiary/aromatic N) is 1. The minimum Gasteiger partial charge on any atom is -0.387 e. The highest BCUT2D eigenvalue weighted by Crippen LogP contribution is 2.54. The summed E-state index contributed by atoms with van der Waals surface area (Å²) in [5.41, 5.74) is -2.00. The Labute approximate surface area is 191 Å². The number of benzene rings is 1. The lowest BCUT2D eigenvalue weighted by molar-refractivity contribution is -0.0980. The second kappa shape index (κ2) is 9.08. The average molecular weight is 506 g/mol. The van der Waals surface area contributed by atoms with Crippen LogP contribution in [0.2, 0.25) is 0 Å². The summed E-state index contributed by atoms with van der Waals surface area (Å²) < 4.78 is 62.2. The number of phosphoric acid groups is 1. The largest absolute Gasteiger partial charge is 0.474 e. The average Bonchev–Trinajstić information content (AvgIpc) is 2.96. The topological polar surface area (TPSA) is 132 Å². The molecule has 180 valence electrons. The molecular weight excluding hydrogens is 485 g/mol. The molecule has 3 N–H and O–H groups in total. The Morgan fingerprint density at radius 1 is 1.30 bits per heavy atom. The lowest BCUT2D eigenvalue weighted by atomic mass is 9.96. The van der Waals surface area contributed by atoms with E-state index in [2.05, 4.69) is 4.98 Å². The fourth-order valence-corrected chi connectivity index (χ4v) is 5.22. The van der Waals surface area contributed by atoms with Gasteiger partial charge in [-0.05, 0) is 36.8 Å². The van der Waals surface area contributed by atoms with Crippen molar-refractivity contribution in [3.63, 3.8) is 0 Å². The van der Waals surface area contributed by atoms with E-state index in [4.69, 9.17) is 30.5 Å². The van der Waals surface area contributed by atoms with Gasteiger partial charge in [0.05, 0.1) is 19.8 Å². The normalized spacial score (nSPS) is 34.5.